The van der Waals surface area contributed by atoms with Gasteiger partial charge in [-0.2, -0.15) is 9.61 Å². The van der Waals surface area contributed by atoms with Gasteiger partial charge < -0.3 is 0 Å². The Labute approximate surface area is 89.4 Å². The van der Waals surface area contributed by atoms with Crippen molar-refractivity contribution in [2.24, 2.45) is 0 Å². The van der Waals surface area contributed by atoms with Crippen LogP contribution in [-0.4, -0.2) is 24.8 Å². The van der Waals surface area contributed by atoms with Crippen LogP contribution < -0.4 is 0 Å². The minimum Gasteiger partial charge on any atom is -0.216 e. The van der Waals surface area contributed by atoms with Crippen LogP contribution in [0.5, 0.6) is 0 Å². The maximum Gasteiger partial charge on any atom is 0.271 e. The molecular formula is C9H7N5S. The van der Waals surface area contributed by atoms with E-state index in [1.54, 1.807) is 22.0 Å². The van der Waals surface area contributed by atoms with Gasteiger partial charge in [0, 0.05) is 0 Å². The van der Waals surface area contributed by atoms with Gasteiger partial charge in [0.1, 0.15) is 5.69 Å². The second kappa shape index (κ2) is 3.09. The van der Waals surface area contributed by atoms with Gasteiger partial charge >= 0.3 is 0 Å². The molecule has 3 heterocycles. The third kappa shape index (κ3) is 1.30. The zero-order valence-electron chi connectivity index (χ0n) is 7.95. The first-order valence-corrected chi connectivity index (χ1v) is 5.31. The van der Waals surface area contributed by atoms with Crippen molar-refractivity contribution >= 4 is 17.1 Å². The minimum atomic E-state index is 0.535. The molecule has 6 heteroatoms. The summed E-state index contributed by atoms with van der Waals surface area (Å²) in [7, 11) is 0. The van der Waals surface area contributed by atoms with E-state index in [2.05, 4.69) is 20.3 Å². The van der Waals surface area contributed by atoms with E-state index < -0.39 is 0 Å². The second-order valence-electron chi connectivity index (χ2n) is 3.08. The molecule has 3 aromatic heterocycles. The number of hydrogen-bond donors (Lipinski definition) is 0. The molecule has 0 amide bonds. The SMILES string of the molecule is Cc1nnc2ncc(-c3cccs3)nn12. The van der Waals surface area contributed by atoms with Crippen LogP contribution in [0.15, 0.2) is 23.7 Å². The Morgan fingerprint density at radius 3 is 3.07 bits per heavy atom. The number of thiophene rings is 1. The Morgan fingerprint density at radius 2 is 2.27 bits per heavy atom. The van der Waals surface area contributed by atoms with Gasteiger partial charge in [0.15, 0.2) is 5.82 Å². The van der Waals surface area contributed by atoms with Crippen molar-refractivity contribution in [1.29, 1.82) is 0 Å². The minimum absolute atomic E-state index is 0.535. The predicted octanol–water partition coefficient (Wildman–Crippen LogP) is 1.56. The first kappa shape index (κ1) is 8.49. The van der Waals surface area contributed by atoms with E-state index in [4.69, 9.17) is 0 Å². The lowest BCUT2D eigenvalue weighted by molar-refractivity contribution is 0.864. The lowest BCUT2D eigenvalue weighted by Crippen LogP contribution is -1.98. The summed E-state index contributed by atoms with van der Waals surface area (Å²) < 4.78 is 1.65. The molecule has 3 rings (SSSR count). The maximum atomic E-state index is 4.42. The topological polar surface area (TPSA) is 56.0 Å². The van der Waals surface area contributed by atoms with E-state index in [0.29, 0.717) is 5.78 Å². The monoisotopic (exact) mass is 217 g/mol. The quantitative estimate of drug-likeness (QED) is 0.620. The molecule has 0 aliphatic carbocycles. The van der Waals surface area contributed by atoms with Gasteiger partial charge in [-0.15, -0.1) is 21.5 Å². The highest BCUT2D eigenvalue weighted by atomic mass is 32.1. The van der Waals surface area contributed by atoms with Gasteiger partial charge in [-0.05, 0) is 18.4 Å². The van der Waals surface area contributed by atoms with E-state index in [1.165, 1.54) is 0 Å². The Bertz CT molecular complexity index is 598. The molecule has 0 fully saturated rings. The Morgan fingerprint density at radius 1 is 1.33 bits per heavy atom. The molecule has 5 nitrogen and oxygen atoms in total. The summed E-state index contributed by atoms with van der Waals surface area (Å²) in [6.07, 6.45) is 1.72. The van der Waals surface area contributed by atoms with Gasteiger partial charge in [-0.1, -0.05) is 6.07 Å². The van der Waals surface area contributed by atoms with Crippen molar-refractivity contribution < 1.29 is 0 Å². The summed E-state index contributed by atoms with van der Waals surface area (Å²) in [6, 6.07) is 4.01. The third-order valence-corrected chi connectivity index (χ3v) is 2.96. The molecule has 0 bridgehead atoms. The number of aryl methyl sites for hydroxylation is 1. The molecule has 0 aromatic carbocycles. The molecule has 3 aromatic rings. The van der Waals surface area contributed by atoms with E-state index in [9.17, 15) is 0 Å². The molecule has 0 aliphatic heterocycles. The fraction of sp³-hybridized carbons (Fsp3) is 0.111. The smallest absolute Gasteiger partial charge is 0.216 e. The van der Waals surface area contributed by atoms with Crippen molar-refractivity contribution in [3.05, 3.63) is 29.5 Å². The van der Waals surface area contributed by atoms with Crippen LogP contribution >= 0.6 is 11.3 Å². The number of nitrogens with zero attached hydrogens (tertiary/aromatic N) is 5. The molecule has 0 unspecified atom stereocenters. The number of rotatable bonds is 1. The van der Waals surface area contributed by atoms with E-state index in [-0.39, 0.29) is 0 Å². The van der Waals surface area contributed by atoms with E-state index >= 15 is 0 Å². The summed E-state index contributed by atoms with van der Waals surface area (Å²) in [4.78, 5) is 5.29. The lowest BCUT2D eigenvalue weighted by atomic mass is 10.4. The van der Waals surface area contributed by atoms with Crippen LogP contribution in [0.25, 0.3) is 16.3 Å². The molecule has 0 saturated heterocycles. The highest BCUT2D eigenvalue weighted by Crippen LogP contribution is 2.21. The van der Waals surface area contributed by atoms with Crippen molar-refractivity contribution in [1.82, 2.24) is 24.8 Å². The normalized spacial score (nSPS) is 11.0. The molecule has 0 radical (unpaired) electrons. The van der Waals surface area contributed by atoms with Crippen LogP contribution in [0.4, 0.5) is 0 Å². The van der Waals surface area contributed by atoms with Crippen molar-refractivity contribution in [3.8, 4) is 10.6 Å². The number of aromatic nitrogens is 5. The molecule has 0 N–H and O–H groups in total. The molecule has 0 saturated carbocycles. The van der Waals surface area contributed by atoms with Crippen LogP contribution in [-0.2, 0) is 0 Å². The molecule has 0 aliphatic rings. The average molecular weight is 217 g/mol. The van der Waals surface area contributed by atoms with Gasteiger partial charge in [-0.3, -0.25) is 0 Å². The molecular weight excluding hydrogens is 210 g/mol. The van der Waals surface area contributed by atoms with Crippen LogP contribution in [0.2, 0.25) is 0 Å². The highest BCUT2D eigenvalue weighted by molar-refractivity contribution is 7.13. The third-order valence-electron chi connectivity index (χ3n) is 2.06. The predicted molar refractivity (Wildman–Crippen MR) is 56.6 cm³/mol. The van der Waals surface area contributed by atoms with Gasteiger partial charge in [0.25, 0.3) is 5.78 Å². The number of hydrogen-bond acceptors (Lipinski definition) is 5. The van der Waals surface area contributed by atoms with Gasteiger partial charge in [0.2, 0.25) is 0 Å². The summed E-state index contributed by atoms with van der Waals surface area (Å²) >= 11 is 1.64. The zero-order valence-corrected chi connectivity index (χ0v) is 8.77. The molecule has 0 atom stereocenters. The van der Waals surface area contributed by atoms with Crippen LogP contribution in [0.3, 0.4) is 0 Å². The van der Waals surface area contributed by atoms with Crippen LogP contribution in [0, 0.1) is 6.92 Å². The Hall–Kier alpha value is -1.82. The summed E-state index contributed by atoms with van der Waals surface area (Å²) in [5.74, 6) is 1.28. The van der Waals surface area contributed by atoms with E-state index in [1.807, 2.05) is 24.4 Å². The fourth-order valence-electron chi connectivity index (χ4n) is 1.33. The highest BCUT2D eigenvalue weighted by Gasteiger charge is 2.06. The van der Waals surface area contributed by atoms with Gasteiger partial charge in [0.05, 0.1) is 11.1 Å². The standard InChI is InChI=1S/C9H7N5S/c1-6-11-12-9-10-5-7(13-14(6)9)8-3-2-4-15-8/h2-5H,1H3. The molecule has 74 valence electrons. The first-order valence-electron chi connectivity index (χ1n) is 4.43. The lowest BCUT2D eigenvalue weighted by Gasteiger charge is -1.96. The largest absolute Gasteiger partial charge is 0.271 e. The fourth-order valence-corrected chi connectivity index (χ4v) is 2.01. The van der Waals surface area contributed by atoms with Crippen molar-refractivity contribution in [3.63, 3.8) is 0 Å². The molecule has 0 spiro atoms. The molecule has 15 heavy (non-hydrogen) atoms. The number of fused-ring (bicyclic) bond motifs is 1. The maximum absolute atomic E-state index is 4.42. The second-order valence-corrected chi connectivity index (χ2v) is 4.03. The van der Waals surface area contributed by atoms with Crippen molar-refractivity contribution in [2.45, 2.75) is 6.92 Å². The summed E-state index contributed by atoms with van der Waals surface area (Å²) in [6.45, 7) is 1.85. The van der Waals surface area contributed by atoms with Crippen LogP contribution in [0.1, 0.15) is 5.82 Å². The first-order chi connectivity index (χ1) is 7.34. The van der Waals surface area contributed by atoms with Crippen molar-refractivity contribution in [2.75, 3.05) is 0 Å². The Kier molecular flexibility index (Phi) is 1.75. The van der Waals surface area contributed by atoms with Gasteiger partial charge in [-0.25, -0.2) is 4.98 Å². The summed E-state index contributed by atoms with van der Waals surface area (Å²) in [5.41, 5.74) is 0.848. The summed E-state index contributed by atoms with van der Waals surface area (Å²) in [5, 5.41) is 14.2. The average Bonchev–Trinajstić information content (AvgIpc) is 2.88. The Balaban J connectivity index is 2.25. The zero-order chi connectivity index (χ0) is 10.3. The van der Waals surface area contributed by atoms with E-state index in [0.717, 1.165) is 16.4 Å².